The number of hydrogen-bond acceptors (Lipinski definition) is 4. The molecule has 2 saturated heterocycles. The van der Waals surface area contributed by atoms with Crippen molar-refractivity contribution in [3.05, 3.63) is 0 Å². The maximum absolute atomic E-state index is 12.7. The molecule has 1 N–H and O–H groups in total. The second-order valence-corrected chi connectivity index (χ2v) is 6.59. The minimum atomic E-state index is -0.0977. The number of rotatable bonds is 3. The van der Waals surface area contributed by atoms with Gasteiger partial charge in [-0.15, -0.1) is 0 Å². The molecule has 1 aliphatic carbocycles. The van der Waals surface area contributed by atoms with Crippen LogP contribution in [0, 0.1) is 17.8 Å². The van der Waals surface area contributed by atoms with Crippen LogP contribution in [0.4, 0.5) is 0 Å². The van der Waals surface area contributed by atoms with Gasteiger partial charge in [0.1, 0.15) is 0 Å². The van der Waals surface area contributed by atoms with Crippen molar-refractivity contribution in [2.45, 2.75) is 45.1 Å². The van der Waals surface area contributed by atoms with Crippen molar-refractivity contribution in [3.8, 4) is 0 Å². The smallest absolute Gasteiger partial charge is 0.309 e. The summed E-state index contributed by atoms with van der Waals surface area (Å²) >= 11 is 0. The summed E-state index contributed by atoms with van der Waals surface area (Å²) in [7, 11) is 0. The summed E-state index contributed by atoms with van der Waals surface area (Å²) in [6.45, 7) is 4.66. The molecular weight excluding hydrogens is 268 g/mol. The van der Waals surface area contributed by atoms with Gasteiger partial charge in [-0.05, 0) is 51.0 Å². The molecule has 3 atom stereocenters. The predicted molar refractivity (Wildman–Crippen MR) is 78.6 cm³/mol. The van der Waals surface area contributed by atoms with Crippen LogP contribution in [0.15, 0.2) is 0 Å². The number of esters is 1. The van der Waals surface area contributed by atoms with Crippen LogP contribution < -0.4 is 5.32 Å². The SMILES string of the molecule is CCOC(=O)C1CCN(C(=O)C2NCC3CCCC32)CC1. The van der Waals surface area contributed by atoms with Crippen LogP contribution in [0.2, 0.25) is 0 Å². The molecule has 118 valence electrons. The Morgan fingerprint density at radius 1 is 1.19 bits per heavy atom. The highest BCUT2D eigenvalue weighted by Gasteiger charge is 2.44. The van der Waals surface area contributed by atoms with Crippen molar-refractivity contribution in [2.75, 3.05) is 26.2 Å². The predicted octanol–water partition coefficient (Wildman–Crippen LogP) is 1.18. The van der Waals surface area contributed by atoms with Gasteiger partial charge in [-0.2, -0.15) is 0 Å². The first-order chi connectivity index (χ1) is 10.2. The molecule has 0 aromatic rings. The molecule has 1 amide bonds. The van der Waals surface area contributed by atoms with Crippen molar-refractivity contribution in [1.82, 2.24) is 10.2 Å². The first-order valence-electron chi connectivity index (χ1n) is 8.39. The Bertz CT molecular complexity index is 404. The zero-order chi connectivity index (χ0) is 14.8. The molecule has 21 heavy (non-hydrogen) atoms. The number of carbonyl (C=O) groups excluding carboxylic acids is 2. The molecule has 3 unspecified atom stereocenters. The second-order valence-electron chi connectivity index (χ2n) is 6.59. The number of ether oxygens (including phenoxy) is 1. The monoisotopic (exact) mass is 294 g/mol. The number of carbonyl (C=O) groups is 2. The van der Waals surface area contributed by atoms with E-state index in [-0.39, 0.29) is 23.8 Å². The Kier molecular flexibility index (Phi) is 4.48. The van der Waals surface area contributed by atoms with Crippen LogP contribution >= 0.6 is 0 Å². The lowest BCUT2D eigenvalue weighted by Crippen LogP contribution is -2.49. The molecule has 5 nitrogen and oxygen atoms in total. The topological polar surface area (TPSA) is 58.6 Å². The van der Waals surface area contributed by atoms with Gasteiger partial charge < -0.3 is 15.0 Å². The maximum Gasteiger partial charge on any atom is 0.309 e. The summed E-state index contributed by atoms with van der Waals surface area (Å²) in [5.41, 5.74) is 0. The number of hydrogen-bond donors (Lipinski definition) is 1. The summed E-state index contributed by atoms with van der Waals surface area (Å²) in [6.07, 6.45) is 5.21. The van der Waals surface area contributed by atoms with E-state index in [1.807, 2.05) is 11.8 Å². The van der Waals surface area contributed by atoms with Gasteiger partial charge in [0.2, 0.25) is 5.91 Å². The normalized spacial score (nSPS) is 33.0. The van der Waals surface area contributed by atoms with Crippen molar-refractivity contribution in [2.24, 2.45) is 17.8 Å². The molecule has 0 aromatic carbocycles. The lowest BCUT2D eigenvalue weighted by molar-refractivity contribution is -0.151. The standard InChI is InChI=1S/C16H26N2O3/c1-2-21-16(20)11-6-8-18(9-7-11)15(19)14-13-5-3-4-12(13)10-17-14/h11-14,17H,2-10H2,1H3. The van der Waals surface area contributed by atoms with Crippen molar-refractivity contribution < 1.29 is 14.3 Å². The number of nitrogens with zero attached hydrogens (tertiary/aromatic N) is 1. The molecule has 0 radical (unpaired) electrons. The Balaban J connectivity index is 1.52. The number of amides is 1. The van der Waals surface area contributed by atoms with Gasteiger partial charge in [0.25, 0.3) is 0 Å². The summed E-state index contributed by atoms with van der Waals surface area (Å²) < 4.78 is 5.08. The third kappa shape index (κ3) is 2.93. The molecule has 3 aliphatic rings. The number of fused-ring (bicyclic) bond motifs is 1. The summed E-state index contributed by atoms with van der Waals surface area (Å²) in [6, 6.07) is 0.0247. The molecule has 3 fully saturated rings. The van der Waals surface area contributed by atoms with Gasteiger partial charge in [-0.1, -0.05) is 6.42 Å². The Morgan fingerprint density at radius 2 is 1.95 bits per heavy atom. The Labute approximate surface area is 126 Å². The van der Waals surface area contributed by atoms with E-state index in [0.29, 0.717) is 31.5 Å². The fourth-order valence-electron chi connectivity index (χ4n) is 4.25. The van der Waals surface area contributed by atoms with Gasteiger partial charge >= 0.3 is 5.97 Å². The van der Waals surface area contributed by atoms with Crippen LogP contribution in [-0.4, -0.2) is 49.1 Å². The highest BCUT2D eigenvalue weighted by atomic mass is 16.5. The minimum Gasteiger partial charge on any atom is -0.466 e. The summed E-state index contributed by atoms with van der Waals surface area (Å²) in [4.78, 5) is 26.4. The lowest BCUT2D eigenvalue weighted by Gasteiger charge is -2.33. The molecule has 0 spiro atoms. The molecule has 1 saturated carbocycles. The van der Waals surface area contributed by atoms with Crippen LogP contribution in [-0.2, 0) is 14.3 Å². The van der Waals surface area contributed by atoms with Crippen molar-refractivity contribution >= 4 is 11.9 Å². The zero-order valence-electron chi connectivity index (χ0n) is 12.8. The van der Waals surface area contributed by atoms with E-state index < -0.39 is 0 Å². The lowest BCUT2D eigenvalue weighted by atomic mass is 9.91. The average Bonchev–Trinajstić information content (AvgIpc) is 3.10. The molecule has 3 rings (SSSR count). The third-order valence-electron chi connectivity index (χ3n) is 5.44. The minimum absolute atomic E-state index is 0.0234. The van der Waals surface area contributed by atoms with Crippen molar-refractivity contribution in [1.29, 1.82) is 0 Å². The molecular formula is C16H26N2O3. The van der Waals surface area contributed by atoms with Crippen molar-refractivity contribution in [3.63, 3.8) is 0 Å². The molecule has 0 bridgehead atoms. The van der Waals surface area contributed by atoms with Gasteiger partial charge in [0, 0.05) is 13.1 Å². The van der Waals surface area contributed by atoms with Gasteiger partial charge in [-0.3, -0.25) is 9.59 Å². The summed E-state index contributed by atoms with van der Waals surface area (Å²) in [5, 5.41) is 3.43. The molecule has 2 aliphatic heterocycles. The van der Waals surface area contributed by atoms with E-state index in [1.54, 1.807) is 0 Å². The maximum atomic E-state index is 12.7. The number of piperidine rings is 1. The first kappa shape index (κ1) is 14.8. The van der Waals surface area contributed by atoms with E-state index in [1.165, 1.54) is 19.3 Å². The van der Waals surface area contributed by atoms with Gasteiger partial charge in [0.15, 0.2) is 0 Å². The van der Waals surface area contributed by atoms with Crippen LogP contribution in [0.1, 0.15) is 39.0 Å². The first-order valence-corrected chi connectivity index (χ1v) is 8.39. The fraction of sp³-hybridized carbons (Fsp3) is 0.875. The largest absolute Gasteiger partial charge is 0.466 e. The molecule has 5 heteroatoms. The van der Waals surface area contributed by atoms with E-state index in [2.05, 4.69) is 5.32 Å². The number of nitrogens with one attached hydrogen (secondary N) is 1. The molecule has 2 heterocycles. The molecule has 0 aromatic heterocycles. The van der Waals surface area contributed by atoms with Crippen LogP contribution in [0.3, 0.4) is 0 Å². The average molecular weight is 294 g/mol. The Hall–Kier alpha value is -1.10. The Morgan fingerprint density at radius 3 is 2.67 bits per heavy atom. The second kappa shape index (κ2) is 6.34. The van der Waals surface area contributed by atoms with E-state index >= 15 is 0 Å². The van der Waals surface area contributed by atoms with Gasteiger partial charge in [-0.25, -0.2) is 0 Å². The third-order valence-corrected chi connectivity index (χ3v) is 5.44. The number of likely N-dealkylation sites (tertiary alicyclic amines) is 1. The van der Waals surface area contributed by atoms with E-state index in [4.69, 9.17) is 4.74 Å². The summed E-state index contributed by atoms with van der Waals surface area (Å²) in [5.74, 6) is 1.38. The fourth-order valence-corrected chi connectivity index (χ4v) is 4.25. The highest BCUT2D eigenvalue weighted by molar-refractivity contribution is 5.83. The highest BCUT2D eigenvalue weighted by Crippen LogP contribution is 2.38. The van der Waals surface area contributed by atoms with Crippen LogP contribution in [0.5, 0.6) is 0 Å². The van der Waals surface area contributed by atoms with E-state index in [0.717, 1.165) is 19.4 Å². The zero-order valence-corrected chi connectivity index (χ0v) is 12.8. The van der Waals surface area contributed by atoms with Gasteiger partial charge in [0.05, 0.1) is 18.6 Å². The van der Waals surface area contributed by atoms with Crippen LogP contribution in [0.25, 0.3) is 0 Å². The van der Waals surface area contributed by atoms with E-state index in [9.17, 15) is 9.59 Å². The quantitative estimate of drug-likeness (QED) is 0.794.